The molecule has 0 spiro atoms. The fourth-order valence-corrected chi connectivity index (χ4v) is 6.51. The van der Waals surface area contributed by atoms with Crippen molar-refractivity contribution in [2.45, 2.75) is 31.6 Å². The number of fused-ring (bicyclic) bond motifs is 2. The number of morpholine rings is 1. The second kappa shape index (κ2) is 11.6. The first-order chi connectivity index (χ1) is 21.7. The van der Waals surface area contributed by atoms with Crippen molar-refractivity contribution in [1.29, 1.82) is 0 Å². The van der Waals surface area contributed by atoms with Crippen LogP contribution in [0.3, 0.4) is 0 Å². The van der Waals surface area contributed by atoms with Crippen molar-refractivity contribution in [3.05, 3.63) is 111 Å². The Morgan fingerprint density at radius 3 is 2.53 bits per heavy atom. The fourth-order valence-electron chi connectivity index (χ4n) is 6.00. The standard InChI is InChI=1S/C34H29Cl2N5O4/c1-34(2)30(29(42)24-5-3-4-6-27(24)45-34)41-31-20(15-25(32(41)43)23-12-9-21(35)16-26(23)36)17-38-33(40-31)39-22-10-7-19(8-11-22)28-18-37-13-14-44-28/h3-12,15-17,28,30,37H,13-14,18H2,1-2H3,(H,38,39,40). The molecular formula is C34H29Cl2N5O4. The number of pyridine rings is 1. The predicted molar refractivity (Wildman–Crippen MR) is 175 cm³/mol. The number of carbonyl (C=O) groups excluding carboxylic acids is 1. The summed E-state index contributed by atoms with van der Waals surface area (Å²) in [6, 6.07) is 20.5. The molecule has 0 radical (unpaired) electrons. The van der Waals surface area contributed by atoms with E-state index in [9.17, 15) is 9.59 Å². The molecule has 4 heterocycles. The molecule has 11 heteroatoms. The molecule has 1 fully saturated rings. The molecule has 228 valence electrons. The number of halogens is 2. The molecule has 3 aromatic carbocycles. The maximum absolute atomic E-state index is 14.5. The van der Waals surface area contributed by atoms with Crippen molar-refractivity contribution < 1.29 is 14.3 Å². The number of Topliss-reactive ketones (excluding diaryl/α,β-unsaturated/α-hetero) is 1. The first-order valence-corrected chi connectivity index (χ1v) is 15.3. The number of carbonyl (C=O) groups is 1. The first kappa shape index (κ1) is 29.4. The van der Waals surface area contributed by atoms with Crippen LogP contribution in [0.15, 0.2) is 83.8 Å². The summed E-state index contributed by atoms with van der Waals surface area (Å²) in [5, 5.41) is 7.87. The van der Waals surface area contributed by atoms with Crippen molar-refractivity contribution in [2.24, 2.45) is 0 Å². The number of nitrogens with one attached hydrogen (secondary N) is 2. The minimum absolute atomic E-state index is 0.00812. The molecular weight excluding hydrogens is 613 g/mol. The van der Waals surface area contributed by atoms with E-state index in [0.29, 0.717) is 38.9 Å². The Balaban J connectivity index is 1.36. The van der Waals surface area contributed by atoms with Crippen LogP contribution in [0, 0.1) is 0 Å². The monoisotopic (exact) mass is 641 g/mol. The average Bonchev–Trinajstić information content (AvgIpc) is 3.03. The fraction of sp³-hybridized carbons (Fsp3) is 0.235. The SMILES string of the molecule is CC1(C)Oc2ccccc2C(=O)C1n1c(=O)c(-c2ccc(Cl)cc2Cl)cc2cnc(Nc3ccc(C4CNCCO4)cc3)nc21. The predicted octanol–water partition coefficient (Wildman–Crippen LogP) is 6.76. The Morgan fingerprint density at radius 1 is 0.978 bits per heavy atom. The van der Waals surface area contributed by atoms with Gasteiger partial charge in [-0.2, -0.15) is 4.98 Å². The van der Waals surface area contributed by atoms with Crippen molar-refractivity contribution in [3.8, 4) is 16.9 Å². The molecule has 2 atom stereocenters. The van der Waals surface area contributed by atoms with E-state index >= 15 is 0 Å². The van der Waals surface area contributed by atoms with E-state index in [-0.39, 0.29) is 29.0 Å². The van der Waals surface area contributed by atoms with E-state index in [1.807, 2.05) is 30.3 Å². The number of aromatic nitrogens is 3. The quantitative estimate of drug-likeness (QED) is 0.217. The summed E-state index contributed by atoms with van der Waals surface area (Å²) in [7, 11) is 0. The van der Waals surface area contributed by atoms with E-state index in [4.69, 9.17) is 37.7 Å². The zero-order valence-electron chi connectivity index (χ0n) is 24.5. The molecule has 2 aliphatic rings. The molecule has 2 N–H and O–H groups in total. The number of rotatable bonds is 5. The second-order valence-corrected chi connectivity index (χ2v) is 12.5. The van der Waals surface area contributed by atoms with Gasteiger partial charge in [0.15, 0.2) is 5.78 Å². The lowest BCUT2D eigenvalue weighted by molar-refractivity contribution is 0.0277. The van der Waals surface area contributed by atoms with Gasteiger partial charge in [-0.05, 0) is 61.9 Å². The number of nitrogens with zero attached hydrogens (tertiary/aromatic N) is 3. The molecule has 7 rings (SSSR count). The lowest BCUT2D eigenvalue weighted by Crippen LogP contribution is -2.50. The zero-order valence-corrected chi connectivity index (χ0v) is 26.0. The number of para-hydroxylation sites is 1. The summed E-state index contributed by atoms with van der Waals surface area (Å²) in [5.74, 6) is 0.471. The summed E-state index contributed by atoms with van der Waals surface area (Å²) >= 11 is 12.7. The minimum atomic E-state index is -1.10. The van der Waals surface area contributed by atoms with Gasteiger partial charge >= 0.3 is 0 Å². The highest BCUT2D eigenvalue weighted by Crippen LogP contribution is 2.41. The van der Waals surface area contributed by atoms with E-state index < -0.39 is 17.2 Å². The maximum Gasteiger partial charge on any atom is 0.260 e. The molecule has 2 aromatic heterocycles. The number of hydrogen-bond acceptors (Lipinski definition) is 8. The summed E-state index contributed by atoms with van der Waals surface area (Å²) < 4.78 is 13.6. The molecule has 5 aromatic rings. The average molecular weight is 643 g/mol. The smallest absolute Gasteiger partial charge is 0.260 e. The van der Waals surface area contributed by atoms with Gasteiger partial charge in [0.1, 0.15) is 23.0 Å². The van der Waals surface area contributed by atoms with Crippen LogP contribution < -0.4 is 20.9 Å². The third-order valence-corrected chi connectivity index (χ3v) is 8.70. The lowest BCUT2D eigenvalue weighted by Gasteiger charge is -2.39. The normalized spacial score (nSPS) is 19.2. The van der Waals surface area contributed by atoms with Gasteiger partial charge in [-0.15, -0.1) is 0 Å². The summed E-state index contributed by atoms with van der Waals surface area (Å²) in [5.41, 5.74) is 1.69. The van der Waals surface area contributed by atoms with E-state index in [2.05, 4.69) is 15.6 Å². The van der Waals surface area contributed by atoms with Crippen LogP contribution in [0.2, 0.25) is 10.0 Å². The molecule has 2 unspecified atom stereocenters. The van der Waals surface area contributed by atoms with Gasteiger partial charge in [-0.1, -0.05) is 53.5 Å². The highest BCUT2D eigenvalue weighted by molar-refractivity contribution is 6.36. The summed E-state index contributed by atoms with van der Waals surface area (Å²) in [6.07, 6.45) is 1.62. The van der Waals surface area contributed by atoms with Crippen LogP contribution in [-0.4, -0.2) is 45.6 Å². The molecule has 1 saturated heterocycles. The van der Waals surface area contributed by atoms with Gasteiger partial charge in [-0.3, -0.25) is 14.2 Å². The van der Waals surface area contributed by atoms with Gasteiger partial charge < -0.3 is 20.1 Å². The minimum Gasteiger partial charge on any atom is -0.484 e. The highest BCUT2D eigenvalue weighted by atomic mass is 35.5. The number of anilines is 2. The first-order valence-electron chi connectivity index (χ1n) is 14.6. The van der Waals surface area contributed by atoms with Crippen molar-refractivity contribution in [2.75, 3.05) is 25.0 Å². The second-order valence-electron chi connectivity index (χ2n) is 11.6. The van der Waals surface area contributed by atoms with E-state index in [1.54, 1.807) is 62.5 Å². The molecule has 0 aliphatic carbocycles. The van der Waals surface area contributed by atoms with Crippen LogP contribution in [0.25, 0.3) is 22.2 Å². The lowest BCUT2D eigenvalue weighted by atomic mass is 9.86. The van der Waals surface area contributed by atoms with Crippen LogP contribution in [0.1, 0.15) is 41.9 Å². The Kier molecular flexibility index (Phi) is 7.57. The van der Waals surface area contributed by atoms with Crippen LogP contribution in [0.5, 0.6) is 5.75 Å². The van der Waals surface area contributed by atoms with Crippen molar-refractivity contribution >= 4 is 51.7 Å². The number of hydrogen-bond donors (Lipinski definition) is 2. The maximum atomic E-state index is 14.5. The molecule has 0 saturated carbocycles. The topological polar surface area (TPSA) is 107 Å². The summed E-state index contributed by atoms with van der Waals surface area (Å²) in [6.45, 7) is 5.85. The van der Waals surface area contributed by atoms with Gasteiger partial charge in [0.25, 0.3) is 5.56 Å². The largest absolute Gasteiger partial charge is 0.484 e. The van der Waals surface area contributed by atoms with E-state index in [0.717, 1.165) is 24.3 Å². The van der Waals surface area contributed by atoms with Gasteiger partial charge in [0.05, 0.1) is 23.3 Å². The molecule has 2 aliphatic heterocycles. The number of ether oxygens (including phenoxy) is 2. The Bertz CT molecular complexity index is 2010. The van der Waals surface area contributed by atoms with Gasteiger partial charge in [0, 0.05) is 46.5 Å². The van der Waals surface area contributed by atoms with E-state index in [1.165, 1.54) is 4.57 Å². The van der Waals surface area contributed by atoms with Crippen molar-refractivity contribution in [3.63, 3.8) is 0 Å². The zero-order chi connectivity index (χ0) is 31.3. The number of ketones is 1. The summed E-state index contributed by atoms with van der Waals surface area (Å²) in [4.78, 5) is 38.0. The Morgan fingerprint density at radius 2 is 1.78 bits per heavy atom. The third kappa shape index (κ3) is 5.46. The van der Waals surface area contributed by atoms with Crippen LogP contribution >= 0.6 is 23.2 Å². The Labute approximate surface area is 269 Å². The number of benzene rings is 3. The molecule has 0 bridgehead atoms. The molecule has 9 nitrogen and oxygen atoms in total. The van der Waals surface area contributed by atoms with Crippen LogP contribution in [0.4, 0.5) is 11.6 Å². The highest BCUT2D eigenvalue weighted by Gasteiger charge is 2.46. The third-order valence-electron chi connectivity index (χ3n) is 8.15. The van der Waals surface area contributed by atoms with Crippen LogP contribution in [-0.2, 0) is 4.74 Å². The molecule has 0 amide bonds. The van der Waals surface area contributed by atoms with Gasteiger partial charge in [0.2, 0.25) is 5.95 Å². The van der Waals surface area contributed by atoms with Gasteiger partial charge in [-0.25, -0.2) is 4.98 Å². The Hall–Kier alpha value is -4.28. The van der Waals surface area contributed by atoms with Crippen molar-refractivity contribution in [1.82, 2.24) is 19.9 Å². The molecule has 45 heavy (non-hydrogen) atoms.